The molecule has 0 aromatic rings. The molecule has 0 heterocycles. The first-order valence-corrected chi connectivity index (χ1v) is 6.41. The van der Waals surface area contributed by atoms with Gasteiger partial charge in [-0.2, -0.15) is 0 Å². The van der Waals surface area contributed by atoms with Gasteiger partial charge in [0, 0.05) is 30.6 Å². The zero-order valence-electron chi connectivity index (χ0n) is 9.13. The van der Waals surface area contributed by atoms with Gasteiger partial charge in [0.25, 0.3) is 0 Å². The summed E-state index contributed by atoms with van der Waals surface area (Å²) in [6.45, 7) is 1.50. The summed E-state index contributed by atoms with van der Waals surface area (Å²) in [4.78, 5) is 23.4. The number of ether oxygens (including phenoxy) is 1. The molecule has 0 N–H and O–H groups in total. The van der Waals surface area contributed by atoms with Crippen molar-refractivity contribution < 1.29 is 14.3 Å². The van der Waals surface area contributed by atoms with Crippen molar-refractivity contribution in [2.45, 2.75) is 19.4 Å². The Kier molecular flexibility index (Phi) is 1.08. The first-order chi connectivity index (χ1) is 7.70. The number of esters is 1. The number of carbonyl (C=O) groups is 2. The molecule has 3 nitrogen and oxygen atoms in total. The van der Waals surface area contributed by atoms with Gasteiger partial charge in [-0.05, 0) is 30.1 Å². The summed E-state index contributed by atoms with van der Waals surface area (Å²) in [6, 6.07) is 0. The predicted octanol–water partition coefficient (Wildman–Crippen LogP) is 0.875. The highest BCUT2D eigenvalue weighted by molar-refractivity contribution is 5.91. The number of Topliss-reactive ketones (excluding diaryl/α,β-unsaturated/α-hetero) is 1. The van der Waals surface area contributed by atoms with Crippen molar-refractivity contribution in [3.8, 4) is 0 Å². The normalized spacial score (nSPS) is 66.6. The lowest BCUT2D eigenvalue weighted by Gasteiger charge is -2.45. The van der Waals surface area contributed by atoms with Crippen LogP contribution >= 0.6 is 0 Å². The number of hydrogen-bond donors (Lipinski definition) is 0. The van der Waals surface area contributed by atoms with Crippen molar-refractivity contribution in [1.82, 2.24) is 0 Å². The first-order valence-electron chi connectivity index (χ1n) is 6.41. The topological polar surface area (TPSA) is 43.4 Å². The molecular weight excluding hydrogens is 204 g/mol. The summed E-state index contributed by atoms with van der Waals surface area (Å²) in [7, 11) is 0. The summed E-state index contributed by atoms with van der Waals surface area (Å²) in [5, 5.41) is 0. The van der Waals surface area contributed by atoms with Gasteiger partial charge in [-0.3, -0.25) is 9.59 Å². The van der Waals surface area contributed by atoms with E-state index in [1.165, 1.54) is 13.3 Å². The average molecular weight is 218 g/mol. The molecule has 0 radical (unpaired) electrons. The minimum atomic E-state index is -0.162. The molecule has 0 spiro atoms. The van der Waals surface area contributed by atoms with E-state index in [9.17, 15) is 9.59 Å². The van der Waals surface area contributed by atoms with Crippen LogP contribution in [0.1, 0.15) is 13.3 Å². The summed E-state index contributed by atoms with van der Waals surface area (Å²) >= 11 is 0. The predicted molar refractivity (Wildman–Crippen MR) is 53.1 cm³/mol. The smallest absolute Gasteiger partial charge is 0.302 e. The highest BCUT2D eigenvalue weighted by Gasteiger charge is 2.84. The Morgan fingerprint density at radius 3 is 2.69 bits per heavy atom. The highest BCUT2D eigenvalue weighted by atomic mass is 16.5. The van der Waals surface area contributed by atoms with Crippen LogP contribution in [0, 0.1) is 47.3 Å². The van der Waals surface area contributed by atoms with Gasteiger partial charge in [0.15, 0.2) is 0 Å². The molecule has 5 saturated carbocycles. The zero-order valence-corrected chi connectivity index (χ0v) is 9.13. The maximum absolute atomic E-state index is 12.2. The molecule has 5 fully saturated rings. The molecule has 0 aliphatic heterocycles. The van der Waals surface area contributed by atoms with Crippen LogP contribution in [0.3, 0.4) is 0 Å². The number of ketones is 1. The molecule has 0 saturated heterocycles. The minimum Gasteiger partial charge on any atom is -0.462 e. The number of carbonyl (C=O) groups excluding carboxylic acids is 2. The van der Waals surface area contributed by atoms with Crippen molar-refractivity contribution in [3.05, 3.63) is 0 Å². The third kappa shape index (κ3) is 0.554. The summed E-state index contributed by atoms with van der Waals surface area (Å²) in [5.41, 5.74) is 0. The van der Waals surface area contributed by atoms with E-state index in [-0.39, 0.29) is 23.9 Å². The lowest BCUT2D eigenvalue weighted by atomic mass is 9.59. The van der Waals surface area contributed by atoms with Gasteiger partial charge in [-0.1, -0.05) is 0 Å². The fourth-order valence-electron chi connectivity index (χ4n) is 6.43. The Morgan fingerprint density at radius 1 is 1.12 bits per heavy atom. The summed E-state index contributed by atoms with van der Waals surface area (Å²) in [5.74, 6) is 4.59. The fourth-order valence-corrected chi connectivity index (χ4v) is 6.43. The van der Waals surface area contributed by atoms with Crippen LogP contribution < -0.4 is 0 Å². The molecule has 5 rings (SSSR count). The van der Waals surface area contributed by atoms with E-state index in [0.29, 0.717) is 29.5 Å². The SMILES string of the molecule is CC(=O)O[C@H]1[C@@H]2[C@@H]3C(=O)[C@H]4[C@@H]5C[C@@H]([C@@H]2[C@H]53)[C@@H]14. The molecule has 0 unspecified atom stereocenters. The van der Waals surface area contributed by atoms with Crippen LogP contribution in [0.2, 0.25) is 0 Å². The van der Waals surface area contributed by atoms with E-state index in [0.717, 1.165) is 11.8 Å². The quantitative estimate of drug-likeness (QED) is 0.613. The lowest BCUT2D eigenvalue weighted by molar-refractivity contribution is -0.164. The number of rotatable bonds is 1. The molecule has 16 heavy (non-hydrogen) atoms. The molecule has 5 aliphatic rings. The molecule has 2 bridgehead atoms. The Morgan fingerprint density at radius 2 is 1.94 bits per heavy atom. The van der Waals surface area contributed by atoms with E-state index >= 15 is 0 Å². The molecule has 5 aliphatic carbocycles. The molecule has 3 heteroatoms. The van der Waals surface area contributed by atoms with E-state index in [2.05, 4.69) is 0 Å². The molecular formula is C13H14O3. The Balaban J connectivity index is 1.65. The Labute approximate surface area is 93.5 Å². The maximum atomic E-state index is 12.2. The fraction of sp³-hybridized carbons (Fsp3) is 0.846. The standard InChI is InChI=1S/C13H14O3/c1-3(14)16-13-9-5-2-4-6-7(5)11(13)10(6)12(15)8(4)9/h4-11,13H,2H2,1H3/t4-,5+,6+,7-,8+,9-,10-,11+,13-/m1/s1. The third-order valence-electron chi connectivity index (χ3n) is 6.34. The van der Waals surface area contributed by atoms with E-state index in [1.807, 2.05) is 0 Å². The van der Waals surface area contributed by atoms with Gasteiger partial charge in [0.2, 0.25) is 0 Å². The summed E-state index contributed by atoms with van der Waals surface area (Å²) < 4.78 is 5.53. The van der Waals surface area contributed by atoms with Crippen molar-refractivity contribution >= 4 is 11.8 Å². The maximum Gasteiger partial charge on any atom is 0.302 e. The molecule has 0 amide bonds. The minimum absolute atomic E-state index is 0.101. The second kappa shape index (κ2) is 2.09. The molecule has 0 aromatic carbocycles. The third-order valence-corrected chi connectivity index (χ3v) is 6.34. The van der Waals surface area contributed by atoms with Gasteiger partial charge in [0.05, 0.1) is 0 Å². The van der Waals surface area contributed by atoms with E-state index < -0.39 is 0 Å². The van der Waals surface area contributed by atoms with Crippen LogP contribution in [0.4, 0.5) is 0 Å². The monoisotopic (exact) mass is 218 g/mol. The van der Waals surface area contributed by atoms with Gasteiger partial charge < -0.3 is 4.74 Å². The van der Waals surface area contributed by atoms with Crippen molar-refractivity contribution in [3.63, 3.8) is 0 Å². The zero-order chi connectivity index (χ0) is 10.8. The summed E-state index contributed by atoms with van der Waals surface area (Å²) in [6.07, 6.45) is 1.35. The van der Waals surface area contributed by atoms with Crippen LogP contribution in [0.15, 0.2) is 0 Å². The number of hydrogen-bond acceptors (Lipinski definition) is 3. The molecule has 9 atom stereocenters. The largest absolute Gasteiger partial charge is 0.462 e. The Bertz CT molecular complexity index is 442. The van der Waals surface area contributed by atoms with Crippen molar-refractivity contribution in [1.29, 1.82) is 0 Å². The van der Waals surface area contributed by atoms with Gasteiger partial charge >= 0.3 is 5.97 Å². The van der Waals surface area contributed by atoms with E-state index in [1.54, 1.807) is 0 Å². The first kappa shape index (κ1) is 8.26. The second-order valence-electron chi connectivity index (χ2n) is 6.40. The van der Waals surface area contributed by atoms with Crippen molar-refractivity contribution in [2.75, 3.05) is 0 Å². The second-order valence-corrected chi connectivity index (χ2v) is 6.40. The van der Waals surface area contributed by atoms with Crippen LogP contribution in [0.5, 0.6) is 0 Å². The van der Waals surface area contributed by atoms with Crippen LogP contribution in [-0.4, -0.2) is 17.9 Å². The van der Waals surface area contributed by atoms with E-state index in [4.69, 9.17) is 4.74 Å². The van der Waals surface area contributed by atoms with Crippen LogP contribution in [-0.2, 0) is 14.3 Å². The Hall–Kier alpha value is -0.860. The van der Waals surface area contributed by atoms with Gasteiger partial charge in [-0.25, -0.2) is 0 Å². The average Bonchev–Trinajstić information content (AvgIpc) is 2.66. The van der Waals surface area contributed by atoms with Gasteiger partial charge in [0.1, 0.15) is 11.9 Å². The lowest BCUT2D eigenvalue weighted by Crippen LogP contribution is -2.51. The molecule has 84 valence electrons. The van der Waals surface area contributed by atoms with Crippen LogP contribution in [0.25, 0.3) is 0 Å². The number of fused-ring (bicyclic) bond motifs is 2. The molecule has 0 aromatic heterocycles. The highest BCUT2D eigenvalue weighted by Crippen LogP contribution is 2.82. The van der Waals surface area contributed by atoms with Gasteiger partial charge in [-0.15, -0.1) is 0 Å². The van der Waals surface area contributed by atoms with Crippen molar-refractivity contribution in [2.24, 2.45) is 47.3 Å².